The van der Waals surface area contributed by atoms with Crippen LogP contribution in [0.3, 0.4) is 0 Å². The van der Waals surface area contributed by atoms with Gasteiger partial charge in [-0.2, -0.15) is 0 Å². The zero-order valence-electron chi connectivity index (χ0n) is 47.7. The zero-order chi connectivity index (χ0) is 57.6. The van der Waals surface area contributed by atoms with E-state index in [-0.39, 0.29) is 0 Å². The summed E-state index contributed by atoms with van der Waals surface area (Å²) in [6, 6.07) is 96.9. The number of fused-ring (bicyclic) bond motifs is 6. The minimum absolute atomic E-state index is 0.658. The first-order chi connectivity index (χ1) is 41.4. The third-order valence-corrected chi connectivity index (χ3v) is 14.9. The summed E-state index contributed by atoms with van der Waals surface area (Å²) in [6.07, 6.45) is 15.4. The molecule has 4 heteroatoms. The Morgan fingerprint density at radius 1 is 0.369 bits per heavy atom. The van der Waals surface area contributed by atoms with E-state index in [1.165, 1.54) is 77.1 Å². The predicted molar refractivity (Wildman–Crippen MR) is 362 cm³/mol. The van der Waals surface area contributed by atoms with Crippen molar-refractivity contribution >= 4 is 55.0 Å². The minimum Gasteiger partial charge on any atom is -0.398 e. The Balaban J connectivity index is 0.000000217. The molecule has 0 aliphatic heterocycles. The van der Waals surface area contributed by atoms with Crippen LogP contribution in [0.2, 0.25) is 0 Å². The molecule has 0 aliphatic rings. The van der Waals surface area contributed by atoms with Gasteiger partial charge in [-0.3, -0.25) is 4.99 Å². The van der Waals surface area contributed by atoms with Crippen molar-refractivity contribution in [3.63, 3.8) is 0 Å². The molecule has 0 bridgehead atoms. The zero-order valence-corrected chi connectivity index (χ0v) is 47.7. The maximum Gasteiger partial charge on any atom is 0.0722 e. The van der Waals surface area contributed by atoms with Gasteiger partial charge in [0, 0.05) is 50.4 Å². The monoisotopic (exact) mass is 1080 g/mol. The molecule has 0 radical (unpaired) electrons. The van der Waals surface area contributed by atoms with Gasteiger partial charge in [0.15, 0.2) is 0 Å². The second-order valence-corrected chi connectivity index (χ2v) is 20.6. The number of aryl methyl sites for hydroxylation is 1. The summed E-state index contributed by atoms with van der Waals surface area (Å²) in [5.41, 5.74) is 27.9. The Bertz CT molecular complexity index is 4550. The first-order valence-corrected chi connectivity index (χ1v) is 28.6. The second kappa shape index (κ2) is 26.2. The number of aliphatic imine (C=N–C) groups is 1. The lowest BCUT2D eigenvalue weighted by Gasteiger charge is -2.11. The molecule has 0 atom stereocenters. The van der Waals surface area contributed by atoms with E-state index in [2.05, 4.69) is 265 Å². The fraction of sp³-hybridized carbons (Fsp3) is 0.0375. The lowest BCUT2D eigenvalue weighted by Crippen LogP contribution is -2.03. The van der Waals surface area contributed by atoms with Crippen molar-refractivity contribution < 1.29 is 0 Å². The summed E-state index contributed by atoms with van der Waals surface area (Å²) >= 11 is 0. The first kappa shape index (κ1) is 55.1. The predicted octanol–water partition coefficient (Wildman–Crippen LogP) is 21.2. The van der Waals surface area contributed by atoms with E-state index >= 15 is 0 Å². The van der Waals surface area contributed by atoms with Gasteiger partial charge in [0.05, 0.1) is 27.8 Å². The van der Waals surface area contributed by atoms with Gasteiger partial charge in [-0.1, -0.05) is 230 Å². The third-order valence-electron chi connectivity index (χ3n) is 14.9. The summed E-state index contributed by atoms with van der Waals surface area (Å²) < 4.78 is 4.73. The number of benzene rings is 11. The molecule has 0 unspecified atom stereocenters. The summed E-state index contributed by atoms with van der Waals surface area (Å²) in [7, 11) is 0. The third kappa shape index (κ3) is 12.3. The molecule has 406 valence electrons. The van der Waals surface area contributed by atoms with Crippen molar-refractivity contribution in [3.05, 3.63) is 345 Å². The standard InChI is InChI=1S/C53H43N3.C24H17N.C3H6/c1-3-4-5-6-13-32-55-51(37-50(54)41-18-11-8-12-19-41)46-23-15-22-44(35-46)43-21-14-20-42(34-43)40-25-28-47(29-26-40)56-52-30-24-38(2)33-48(52)49-36-45(27-31-53(49)56)39-16-9-7-10-17-39;1-3-9-18(10-4-1)19-15-16-24-22(17-19)21-13-7-8-14-23(21)25(24)20-11-5-2-6-12-20;1-3-2/h3-37H,54H2,1-2H3;1-17H;3H,1H2,2H3/b4-3+,6-5-,32-13-,50-37-,55-51-;;. The molecule has 0 saturated carbocycles. The summed E-state index contributed by atoms with van der Waals surface area (Å²) in [4.78, 5) is 4.85. The molecule has 0 amide bonds. The maximum absolute atomic E-state index is 6.60. The van der Waals surface area contributed by atoms with Crippen molar-refractivity contribution in [2.24, 2.45) is 10.7 Å². The fourth-order valence-corrected chi connectivity index (χ4v) is 10.9. The Labute approximate surface area is 493 Å². The molecular formula is C80H66N4. The van der Waals surface area contributed by atoms with Gasteiger partial charge in [-0.25, -0.2) is 0 Å². The van der Waals surface area contributed by atoms with Crippen LogP contribution >= 0.6 is 0 Å². The maximum atomic E-state index is 6.60. The van der Waals surface area contributed by atoms with Gasteiger partial charge in [-0.15, -0.1) is 6.58 Å². The molecule has 0 fully saturated rings. The summed E-state index contributed by atoms with van der Waals surface area (Å²) in [6.45, 7) is 9.41. The topological polar surface area (TPSA) is 48.2 Å². The molecule has 13 rings (SSSR count). The van der Waals surface area contributed by atoms with Crippen LogP contribution in [-0.4, -0.2) is 14.8 Å². The van der Waals surface area contributed by atoms with E-state index in [1.54, 1.807) is 6.08 Å². The molecule has 0 saturated heterocycles. The van der Waals surface area contributed by atoms with Gasteiger partial charge in [0.2, 0.25) is 0 Å². The van der Waals surface area contributed by atoms with Crippen molar-refractivity contribution in [3.8, 4) is 55.9 Å². The Morgan fingerprint density at radius 3 is 1.40 bits per heavy atom. The lowest BCUT2D eigenvalue weighted by molar-refractivity contribution is 1.18. The molecule has 11 aromatic carbocycles. The van der Waals surface area contributed by atoms with Crippen LogP contribution in [0, 0.1) is 6.92 Å². The highest BCUT2D eigenvalue weighted by atomic mass is 15.0. The fourth-order valence-electron chi connectivity index (χ4n) is 10.9. The van der Waals surface area contributed by atoms with Crippen LogP contribution in [0.1, 0.15) is 30.5 Å². The molecular weight excluding hydrogens is 1020 g/mol. The van der Waals surface area contributed by atoms with E-state index in [0.717, 1.165) is 44.8 Å². The highest BCUT2D eigenvalue weighted by molar-refractivity contribution is 6.13. The van der Waals surface area contributed by atoms with E-state index < -0.39 is 0 Å². The highest BCUT2D eigenvalue weighted by Crippen LogP contribution is 2.38. The SMILES string of the molecule is C/C=C/C=C\C=C/N=C(/C=C(\N)c1ccccc1)c1cccc(-c2cccc(-c3ccc(-n4c5ccc(C)cc5c5cc(-c6ccccc6)ccc54)cc3)c2)c1.C=CC.c1ccc(-c2ccc3c(c2)c2ccccc2n3-c2ccccc2)cc1. The highest BCUT2D eigenvalue weighted by Gasteiger charge is 2.16. The molecule has 0 aliphatic carbocycles. The molecule has 84 heavy (non-hydrogen) atoms. The van der Waals surface area contributed by atoms with Crippen molar-refractivity contribution in [1.29, 1.82) is 0 Å². The van der Waals surface area contributed by atoms with Crippen LogP contribution in [-0.2, 0) is 0 Å². The van der Waals surface area contributed by atoms with Crippen LogP contribution in [0.15, 0.2) is 333 Å². The van der Waals surface area contributed by atoms with Crippen molar-refractivity contribution in [2.45, 2.75) is 20.8 Å². The number of rotatable bonds is 12. The largest absolute Gasteiger partial charge is 0.398 e. The van der Waals surface area contributed by atoms with E-state index in [1.807, 2.05) is 86.8 Å². The van der Waals surface area contributed by atoms with Crippen LogP contribution in [0.25, 0.3) is 105 Å². The van der Waals surface area contributed by atoms with Crippen LogP contribution in [0.4, 0.5) is 0 Å². The number of aromatic nitrogens is 2. The van der Waals surface area contributed by atoms with E-state index in [4.69, 9.17) is 10.7 Å². The number of hydrogen-bond donors (Lipinski definition) is 1. The van der Waals surface area contributed by atoms with Crippen LogP contribution in [0.5, 0.6) is 0 Å². The molecule has 2 N–H and O–H groups in total. The summed E-state index contributed by atoms with van der Waals surface area (Å²) in [5, 5.41) is 5.10. The summed E-state index contributed by atoms with van der Waals surface area (Å²) in [5.74, 6) is 0. The van der Waals surface area contributed by atoms with Crippen LogP contribution < -0.4 is 5.73 Å². The molecule has 4 nitrogen and oxygen atoms in total. The van der Waals surface area contributed by atoms with Crippen molar-refractivity contribution in [1.82, 2.24) is 9.13 Å². The van der Waals surface area contributed by atoms with Gasteiger partial charge >= 0.3 is 0 Å². The number of nitrogens with two attached hydrogens (primary N) is 1. The van der Waals surface area contributed by atoms with Gasteiger partial charge in [-0.05, 0) is 162 Å². The molecule has 2 heterocycles. The van der Waals surface area contributed by atoms with E-state index in [0.29, 0.717) is 5.70 Å². The Kier molecular flexibility index (Phi) is 17.2. The quantitative estimate of drug-likeness (QED) is 0.0740. The van der Waals surface area contributed by atoms with Gasteiger partial charge in [0.25, 0.3) is 0 Å². The van der Waals surface area contributed by atoms with Gasteiger partial charge < -0.3 is 14.9 Å². The number of allylic oxidation sites excluding steroid dienone is 7. The van der Waals surface area contributed by atoms with Crippen molar-refractivity contribution in [2.75, 3.05) is 0 Å². The van der Waals surface area contributed by atoms with Gasteiger partial charge in [0.1, 0.15) is 0 Å². The smallest absolute Gasteiger partial charge is 0.0722 e. The first-order valence-electron chi connectivity index (χ1n) is 28.6. The average molecular weight is 1080 g/mol. The Morgan fingerprint density at radius 2 is 0.786 bits per heavy atom. The minimum atomic E-state index is 0.658. The lowest BCUT2D eigenvalue weighted by atomic mass is 9.96. The molecule has 0 spiro atoms. The number of para-hydroxylation sites is 2. The Hall–Kier alpha value is -10.8. The number of hydrogen-bond acceptors (Lipinski definition) is 2. The average Bonchev–Trinajstić information content (AvgIpc) is 3.75. The van der Waals surface area contributed by atoms with E-state index in [9.17, 15) is 0 Å². The second-order valence-electron chi connectivity index (χ2n) is 20.6. The normalized spacial score (nSPS) is 11.8. The molecule has 13 aromatic rings. The molecule has 2 aromatic heterocycles. The number of nitrogens with zero attached hydrogens (tertiary/aromatic N) is 3.